The molecule has 0 radical (unpaired) electrons. The maximum Gasteiger partial charge on any atom is 0.123 e. The molecule has 0 amide bonds. The van der Waals surface area contributed by atoms with E-state index < -0.39 is 0 Å². The molecule has 0 spiro atoms. The molecule has 2 nitrogen and oxygen atoms in total. The van der Waals surface area contributed by atoms with Crippen LogP contribution in [0.4, 0.5) is 4.39 Å². The van der Waals surface area contributed by atoms with E-state index in [9.17, 15) is 4.39 Å². The van der Waals surface area contributed by atoms with Gasteiger partial charge in [0.25, 0.3) is 0 Å². The van der Waals surface area contributed by atoms with Gasteiger partial charge in [0.2, 0.25) is 0 Å². The van der Waals surface area contributed by atoms with Gasteiger partial charge in [-0.3, -0.25) is 11.3 Å². The average Bonchev–Trinajstić information content (AvgIpc) is 2.38. The molecule has 0 aromatic heterocycles. The Hall–Kier alpha value is -0.980. The molecule has 0 saturated heterocycles. The summed E-state index contributed by atoms with van der Waals surface area (Å²) in [5.74, 6) is 5.39. The quantitative estimate of drug-likeness (QED) is 0.502. The molecule has 0 aliphatic carbocycles. The smallest absolute Gasteiger partial charge is 0.123 e. The first-order chi connectivity index (χ1) is 8.69. The number of hydrogen-bond acceptors (Lipinski definition) is 2. The van der Waals surface area contributed by atoms with Crippen LogP contribution in [0, 0.1) is 9.39 Å². The van der Waals surface area contributed by atoms with Crippen molar-refractivity contribution in [3.63, 3.8) is 0 Å². The third-order valence-electron chi connectivity index (χ3n) is 2.81. The Morgan fingerprint density at radius 1 is 1.17 bits per heavy atom. The standard InChI is InChI=1S/C14H14FIN2/c15-12-6-4-10(5-7-12)8-14(18-17)11-2-1-3-13(16)9-11/h1-7,9,14,18H,8,17H2. The van der Waals surface area contributed by atoms with Crippen LogP contribution in [0.2, 0.25) is 0 Å². The summed E-state index contributed by atoms with van der Waals surface area (Å²) >= 11 is 2.27. The lowest BCUT2D eigenvalue weighted by Crippen LogP contribution is -2.29. The van der Waals surface area contributed by atoms with Crippen molar-refractivity contribution in [2.24, 2.45) is 5.84 Å². The zero-order valence-electron chi connectivity index (χ0n) is 9.74. The zero-order valence-corrected chi connectivity index (χ0v) is 11.9. The van der Waals surface area contributed by atoms with Crippen molar-refractivity contribution in [2.45, 2.75) is 12.5 Å². The van der Waals surface area contributed by atoms with Gasteiger partial charge in [0.05, 0.1) is 6.04 Å². The van der Waals surface area contributed by atoms with Gasteiger partial charge in [-0.15, -0.1) is 0 Å². The van der Waals surface area contributed by atoms with Gasteiger partial charge in [0, 0.05) is 3.57 Å². The van der Waals surface area contributed by atoms with Gasteiger partial charge in [-0.2, -0.15) is 0 Å². The monoisotopic (exact) mass is 356 g/mol. The third kappa shape index (κ3) is 3.51. The van der Waals surface area contributed by atoms with Crippen LogP contribution in [0.5, 0.6) is 0 Å². The SMILES string of the molecule is NNC(Cc1ccc(F)cc1)c1cccc(I)c1. The van der Waals surface area contributed by atoms with Crippen LogP contribution >= 0.6 is 22.6 Å². The molecule has 3 N–H and O–H groups in total. The van der Waals surface area contributed by atoms with Crippen molar-refractivity contribution in [2.75, 3.05) is 0 Å². The molecule has 4 heteroatoms. The Labute approximate surface area is 120 Å². The van der Waals surface area contributed by atoms with Crippen LogP contribution < -0.4 is 11.3 Å². The lowest BCUT2D eigenvalue weighted by molar-refractivity contribution is 0.550. The summed E-state index contributed by atoms with van der Waals surface area (Å²) in [5.41, 5.74) is 5.00. The molecule has 2 aromatic carbocycles. The fourth-order valence-corrected chi connectivity index (χ4v) is 2.42. The van der Waals surface area contributed by atoms with E-state index in [-0.39, 0.29) is 11.9 Å². The van der Waals surface area contributed by atoms with Crippen molar-refractivity contribution in [1.29, 1.82) is 0 Å². The Balaban J connectivity index is 2.17. The Morgan fingerprint density at radius 2 is 1.89 bits per heavy atom. The van der Waals surface area contributed by atoms with Crippen LogP contribution in [-0.4, -0.2) is 0 Å². The molecule has 0 aliphatic rings. The predicted molar refractivity (Wildman–Crippen MR) is 79.3 cm³/mol. The average molecular weight is 356 g/mol. The van der Waals surface area contributed by atoms with Gasteiger partial charge in [-0.1, -0.05) is 24.3 Å². The number of nitrogens with two attached hydrogens (primary N) is 1. The fourth-order valence-electron chi connectivity index (χ4n) is 1.85. The first-order valence-electron chi connectivity index (χ1n) is 5.65. The maximum absolute atomic E-state index is 12.8. The van der Waals surface area contributed by atoms with E-state index in [0.29, 0.717) is 0 Å². The molecule has 2 aromatic rings. The van der Waals surface area contributed by atoms with Crippen LogP contribution in [0.15, 0.2) is 48.5 Å². The predicted octanol–water partition coefficient (Wildman–Crippen LogP) is 3.18. The number of nitrogens with one attached hydrogen (secondary N) is 1. The number of hydrazine groups is 1. The largest absolute Gasteiger partial charge is 0.271 e. The molecule has 0 aliphatic heterocycles. The Morgan fingerprint density at radius 3 is 2.50 bits per heavy atom. The second-order valence-electron chi connectivity index (χ2n) is 4.10. The van der Waals surface area contributed by atoms with Crippen LogP contribution in [0.25, 0.3) is 0 Å². The van der Waals surface area contributed by atoms with Crippen molar-refractivity contribution < 1.29 is 4.39 Å². The summed E-state index contributed by atoms with van der Waals surface area (Å²) in [7, 11) is 0. The first kappa shape index (κ1) is 13.5. The minimum Gasteiger partial charge on any atom is -0.271 e. The Bertz CT molecular complexity index is 513. The second-order valence-corrected chi connectivity index (χ2v) is 5.35. The van der Waals surface area contributed by atoms with Crippen LogP contribution in [-0.2, 0) is 6.42 Å². The summed E-state index contributed by atoms with van der Waals surface area (Å²) in [4.78, 5) is 0. The van der Waals surface area contributed by atoms with Gasteiger partial charge >= 0.3 is 0 Å². The number of halogens is 2. The van der Waals surface area contributed by atoms with Crippen molar-refractivity contribution in [1.82, 2.24) is 5.43 Å². The second kappa shape index (κ2) is 6.26. The Kier molecular flexibility index (Phi) is 4.68. The minimum absolute atomic E-state index is 0.0326. The highest BCUT2D eigenvalue weighted by Gasteiger charge is 2.10. The molecule has 1 unspecified atom stereocenters. The maximum atomic E-state index is 12.8. The molecule has 18 heavy (non-hydrogen) atoms. The molecule has 0 bridgehead atoms. The van der Waals surface area contributed by atoms with Gasteiger partial charge in [0.1, 0.15) is 5.82 Å². The van der Waals surface area contributed by atoms with Crippen LogP contribution in [0.3, 0.4) is 0 Å². The van der Waals surface area contributed by atoms with Crippen molar-refractivity contribution >= 4 is 22.6 Å². The topological polar surface area (TPSA) is 38.0 Å². The normalized spacial score (nSPS) is 12.4. The minimum atomic E-state index is -0.217. The van der Waals surface area contributed by atoms with Gasteiger partial charge < -0.3 is 0 Å². The van der Waals surface area contributed by atoms with Gasteiger partial charge in [-0.05, 0) is 64.4 Å². The molecule has 1 atom stereocenters. The van der Waals surface area contributed by atoms with E-state index >= 15 is 0 Å². The summed E-state index contributed by atoms with van der Waals surface area (Å²) in [5, 5.41) is 0. The van der Waals surface area contributed by atoms with E-state index in [4.69, 9.17) is 5.84 Å². The summed E-state index contributed by atoms with van der Waals surface area (Å²) in [6, 6.07) is 14.7. The third-order valence-corrected chi connectivity index (χ3v) is 3.48. The number of hydrogen-bond donors (Lipinski definition) is 2. The molecule has 0 fully saturated rings. The first-order valence-corrected chi connectivity index (χ1v) is 6.73. The lowest BCUT2D eigenvalue weighted by atomic mass is 9.99. The van der Waals surface area contributed by atoms with Crippen LogP contribution in [0.1, 0.15) is 17.2 Å². The highest BCUT2D eigenvalue weighted by Crippen LogP contribution is 2.19. The number of rotatable bonds is 4. The summed E-state index contributed by atoms with van der Waals surface area (Å²) in [6.07, 6.45) is 0.733. The van der Waals surface area contributed by atoms with E-state index in [1.165, 1.54) is 15.7 Å². The highest BCUT2D eigenvalue weighted by atomic mass is 127. The van der Waals surface area contributed by atoms with E-state index in [0.717, 1.165) is 17.5 Å². The van der Waals surface area contributed by atoms with Gasteiger partial charge in [0.15, 0.2) is 0 Å². The highest BCUT2D eigenvalue weighted by molar-refractivity contribution is 14.1. The zero-order chi connectivity index (χ0) is 13.0. The van der Waals surface area contributed by atoms with E-state index in [2.05, 4.69) is 34.1 Å². The molecule has 0 heterocycles. The summed E-state index contributed by atoms with van der Waals surface area (Å²) < 4.78 is 14.0. The molecule has 0 saturated carbocycles. The fraction of sp³-hybridized carbons (Fsp3) is 0.143. The summed E-state index contributed by atoms with van der Waals surface area (Å²) in [6.45, 7) is 0. The van der Waals surface area contributed by atoms with E-state index in [1.807, 2.05) is 18.2 Å². The van der Waals surface area contributed by atoms with Crippen molar-refractivity contribution in [3.05, 3.63) is 69.0 Å². The molecule has 2 rings (SSSR count). The lowest BCUT2D eigenvalue weighted by Gasteiger charge is -2.16. The number of benzene rings is 2. The molecular weight excluding hydrogens is 342 g/mol. The van der Waals surface area contributed by atoms with E-state index in [1.54, 1.807) is 12.1 Å². The van der Waals surface area contributed by atoms with Gasteiger partial charge in [-0.25, -0.2) is 4.39 Å². The molecular formula is C14H14FIN2. The molecule has 94 valence electrons. The van der Waals surface area contributed by atoms with Crippen molar-refractivity contribution in [3.8, 4) is 0 Å².